The molecule has 0 atom stereocenters. The first-order valence-electron chi connectivity index (χ1n) is 2.87. The molecule has 3 nitrogen and oxygen atoms in total. The number of Topliss-reactive ketones (excluding diaryl/α,β-unsaturated/α-hetero) is 1. The molecule has 10 heavy (non-hydrogen) atoms. The van der Waals surface area contributed by atoms with Crippen molar-refractivity contribution in [3.8, 4) is 0 Å². The molecule has 0 N–H and O–H groups in total. The first-order valence-corrected chi connectivity index (χ1v) is 3.28. The number of ketones is 1. The number of carbonyl (C=O) groups excluding carboxylic acids is 1. The lowest BCUT2D eigenvalue weighted by molar-refractivity contribution is -0.119. The summed E-state index contributed by atoms with van der Waals surface area (Å²) in [5.41, 5.74) is 0. The SMILES string of the molecule is CC(=O)COC(=S)N(C)C. The smallest absolute Gasteiger partial charge is 0.259 e. The maximum Gasteiger partial charge on any atom is 0.259 e. The van der Waals surface area contributed by atoms with Gasteiger partial charge < -0.3 is 9.64 Å². The number of hydrogen-bond donors (Lipinski definition) is 0. The second-order valence-electron chi connectivity index (χ2n) is 2.15. The molecular weight excluding hydrogens is 150 g/mol. The number of nitrogens with zero attached hydrogens (tertiary/aromatic N) is 1. The summed E-state index contributed by atoms with van der Waals surface area (Å²) in [6.07, 6.45) is 0. The van der Waals surface area contributed by atoms with Crippen LogP contribution in [0.1, 0.15) is 6.92 Å². The van der Waals surface area contributed by atoms with Crippen molar-refractivity contribution in [1.29, 1.82) is 0 Å². The van der Waals surface area contributed by atoms with Crippen molar-refractivity contribution in [2.75, 3.05) is 20.7 Å². The largest absolute Gasteiger partial charge is 0.463 e. The Kier molecular flexibility index (Phi) is 3.95. The molecule has 0 fully saturated rings. The maximum atomic E-state index is 10.4. The topological polar surface area (TPSA) is 29.5 Å². The highest BCUT2D eigenvalue weighted by atomic mass is 32.1. The number of thiocarbonyl (C=S) groups is 1. The molecule has 0 aliphatic rings. The van der Waals surface area contributed by atoms with E-state index < -0.39 is 0 Å². The lowest BCUT2D eigenvalue weighted by Gasteiger charge is -2.12. The highest BCUT2D eigenvalue weighted by Gasteiger charge is 1.99. The lowest BCUT2D eigenvalue weighted by Crippen LogP contribution is -2.24. The minimum Gasteiger partial charge on any atom is -0.463 e. The van der Waals surface area contributed by atoms with Gasteiger partial charge in [0.2, 0.25) is 0 Å². The van der Waals surface area contributed by atoms with Crippen molar-refractivity contribution < 1.29 is 9.53 Å². The molecule has 0 rings (SSSR count). The fourth-order valence-electron chi connectivity index (χ4n) is 0.292. The van der Waals surface area contributed by atoms with Crippen LogP contribution in [-0.2, 0) is 9.53 Å². The third-order valence-electron chi connectivity index (χ3n) is 0.764. The van der Waals surface area contributed by atoms with Crippen molar-refractivity contribution >= 4 is 23.2 Å². The average Bonchev–Trinajstić information content (AvgIpc) is 1.82. The molecule has 0 aromatic rings. The molecule has 0 unspecified atom stereocenters. The van der Waals surface area contributed by atoms with Gasteiger partial charge in [0.05, 0.1) is 0 Å². The summed E-state index contributed by atoms with van der Waals surface area (Å²) in [4.78, 5) is 12.0. The van der Waals surface area contributed by atoms with Gasteiger partial charge >= 0.3 is 0 Å². The number of hydrogen-bond acceptors (Lipinski definition) is 3. The van der Waals surface area contributed by atoms with Gasteiger partial charge in [0.15, 0.2) is 5.78 Å². The van der Waals surface area contributed by atoms with E-state index in [9.17, 15) is 4.79 Å². The molecule has 0 aromatic heterocycles. The Morgan fingerprint density at radius 1 is 1.60 bits per heavy atom. The number of ether oxygens (including phenoxy) is 1. The lowest BCUT2D eigenvalue weighted by atomic mass is 10.5. The Bertz CT molecular complexity index is 145. The van der Waals surface area contributed by atoms with Gasteiger partial charge in [0.1, 0.15) is 6.61 Å². The quantitative estimate of drug-likeness (QED) is 0.550. The Morgan fingerprint density at radius 3 is 2.40 bits per heavy atom. The zero-order valence-corrected chi connectivity index (χ0v) is 7.20. The summed E-state index contributed by atoms with van der Waals surface area (Å²) in [7, 11) is 3.53. The van der Waals surface area contributed by atoms with Crippen LogP contribution in [0.2, 0.25) is 0 Å². The average molecular weight is 161 g/mol. The van der Waals surface area contributed by atoms with Gasteiger partial charge in [-0.1, -0.05) is 0 Å². The molecule has 0 amide bonds. The number of rotatable bonds is 2. The second-order valence-corrected chi connectivity index (χ2v) is 2.50. The first kappa shape index (κ1) is 9.36. The molecule has 0 heterocycles. The van der Waals surface area contributed by atoms with Crippen LogP contribution in [-0.4, -0.2) is 36.6 Å². The third-order valence-corrected chi connectivity index (χ3v) is 1.25. The predicted octanol–water partition coefficient (Wildman–Crippen LogP) is 0.439. The molecule has 0 aliphatic heterocycles. The summed E-state index contributed by atoms with van der Waals surface area (Å²) < 4.78 is 4.87. The minimum absolute atomic E-state index is 0.0239. The van der Waals surface area contributed by atoms with E-state index in [0.29, 0.717) is 5.17 Å². The predicted molar refractivity (Wildman–Crippen MR) is 42.9 cm³/mol. The third kappa shape index (κ3) is 4.26. The highest BCUT2D eigenvalue weighted by Crippen LogP contribution is 1.86. The monoisotopic (exact) mass is 161 g/mol. The standard InChI is InChI=1S/C6H11NO2S/c1-5(8)4-9-6(10)7(2)3/h4H2,1-3H3. The van der Waals surface area contributed by atoms with E-state index in [1.165, 1.54) is 6.92 Å². The summed E-state index contributed by atoms with van der Waals surface area (Å²) in [6, 6.07) is 0. The van der Waals surface area contributed by atoms with Gasteiger partial charge in [-0.25, -0.2) is 0 Å². The van der Waals surface area contributed by atoms with E-state index in [4.69, 9.17) is 17.0 Å². The fourth-order valence-corrected chi connectivity index (χ4v) is 0.351. The van der Waals surface area contributed by atoms with E-state index in [0.717, 1.165) is 0 Å². The van der Waals surface area contributed by atoms with Crippen molar-refractivity contribution in [2.24, 2.45) is 0 Å². The van der Waals surface area contributed by atoms with Crippen LogP contribution in [0, 0.1) is 0 Å². The summed E-state index contributed by atoms with van der Waals surface area (Å²) in [5, 5.41) is 0.343. The normalized spacial score (nSPS) is 8.70. The van der Waals surface area contributed by atoms with Gasteiger partial charge in [-0.15, -0.1) is 0 Å². The molecule has 0 bridgehead atoms. The second kappa shape index (κ2) is 4.22. The first-order chi connectivity index (χ1) is 4.54. The zero-order valence-electron chi connectivity index (χ0n) is 6.38. The van der Waals surface area contributed by atoms with Crippen molar-refractivity contribution in [1.82, 2.24) is 4.90 Å². The minimum atomic E-state index is -0.0239. The van der Waals surface area contributed by atoms with Crippen molar-refractivity contribution in [3.05, 3.63) is 0 Å². The van der Waals surface area contributed by atoms with Gasteiger partial charge in [-0.05, 0) is 19.1 Å². The van der Waals surface area contributed by atoms with Crippen LogP contribution in [0.15, 0.2) is 0 Å². The van der Waals surface area contributed by atoms with Gasteiger partial charge in [-0.3, -0.25) is 4.79 Å². The van der Waals surface area contributed by atoms with Crippen molar-refractivity contribution in [2.45, 2.75) is 6.92 Å². The van der Waals surface area contributed by atoms with E-state index in [1.54, 1.807) is 19.0 Å². The van der Waals surface area contributed by atoms with Crippen LogP contribution in [0.4, 0.5) is 0 Å². The molecule has 0 saturated carbocycles. The Balaban J connectivity index is 3.50. The van der Waals surface area contributed by atoms with Crippen LogP contribution in [0.5, 0.6) is 0 Å². The molecule has 0 aliphatic carbocycles. The Morgan fingerprint density at radius 2 is 2.10 bits per heavy atom. The highest BCUT2D eigenvalue weighted by molar-refractivity contribution is 7.80. The molecule has 4 heteroatoms. The molecule has 0 aromatic carbocycles. The summed E-state index contributed by atoms with van der Waals surface area (Å²) in [5.74, 6) is -0.0239. The van der Waals surface area contributed by atoms with Crippen LogP contribution in [0.25, 0.3) is 0 Å². The maximum absolute atomic E-state index is 10.4. The van der Waals surface area contributed by atoms with Crippen LogP contribution >= 0.6 is 12.2 Å². The molecule has 58 valence electrons. The molecule has 0 radical (unpaired) electrons. The molecule has 0 spiro atoms. The van der Waals surface area contributed by atoms with Crippen LogP contribution < -0.4 is 0 Å². The molecular formula is C6H11NO2S. The Hall–Kier alpha value is -0.640. The fraction of sp³-hybridized carbons (Fsp3) is 0.667. The van der Waals surface area contributed by atoms with Crippen LogP contribution in [0.3, 0.4) is 0 Å². The van der Waals surface area contributed by atoms with E-state index >= 15 is 0 Å². The van der Waals surface area contributed by atoms with E-state index in [-0.39, 0.29) is 12.4 Å². The number of carbonyl (C=O) groups is 1. The summed E-state index contributed by atoms with van der Waals surface area (Å²) >= 11 is 4.75. The van der Waals surface area contributed by atoms with E-state index in [2.05, 4.69) is 0 Å². The van der Waals surface area contributed by atoms with Gasteiger partial charge in [0, 0.05) is 14.1 Å². The Labute approximate surface area is 66.0 Å². The molecule has 0 saturated heterocycles. The van der Waals surface area contributed by atoms with Gasteiger partial charge in [0.25, 0.3) is 5.17 Å². The van der Waals surface area contributed by atoms with Crippen molar-refractivity contribution in [3.63, 3.8) is 0 Å². The van der Waals surface area contributed by atoms with E-state index in [1.807, 2.05) is 0 Å². The summed E-state index contributed by atoms with van der Waals surface area (Å²) in [6.45, 7) is 1.52. The zero-order chi connectivity index (χ0) is 8.15. The van der Waals surface area contributed by atoms with Gasteiger partial charge in [-0.2, -0.15) is 0 Å².